The highest BCUT2D eigenvalue weighted by atomic mass is 32.1. The van der Waals surface area contributed by atoms with Gasteiger partial charge < -0.3 is 10.1 Å². The van der Waals surface area contributed by atoms with Crippen molar-refractivity contribution in [3.63, 3.8) is 0 Å². The van der Waals surface area contributed by atoms with Crippen molar-refractivity contribution in [2.75, 3.05) is 13.7 Å². The second kappa shape index (κ2) is 3.17. The number of thiocarbonyl (C=S) groups is 1. The van der Waals surface area contributed by atoms with Gasteiger partial charge >= 0.3 is 0 Å². The monoisotopic (exact) mass is 173 g/mol. The van der Waals surface area contributed by atoms with Crippen molar-refractivity contribution < 1.29 is 9.53 Å². The summed E-state index contributed by atoms with van der Waals surface area (Å²) >= 11 is 4.88. The van der Waals surface area contributed by atoms with Gasteiger partial charge in [-0.3, -0.25) is 4.79 Å². The molecule has 1 saturated heterocycles. The molecule has 1 fully saturated rings. The van der Waals surface area contributed by atoms with Crippen LogP contribution in [0.5, 0.6) is 0 Å². The van der Waals surface area contributed by atoms with E-state index in [-0.39, 0.29) is 17.7 Å². The summed E-state index contributed by atoms with van der Waals surface area (Å²) in [6.45, 7) is 2.52. The van der Waals surface area contributed by atoms with Gasteiger partial charge in [0.25, 0.3) is 0 Å². The highest BCUT2D eigenvalue weighted by Gasteiger charge is 2.35. The van der Waals surface area contributed by atoms with E-state index in [1.165, 1.54) is 0 Å². The van der Waals surface area contributed by atoms with Crippen molar-refractivity contribution in [3.8, 4) is 0 Å². The molecule has 1 rings (SSSR count). The molecular formula is C7H11NO2S. The first-order valence-corrected chi connectivity index (χ1v) is 3.96. The van der Waals surface area contributed by atoms with Gasteiger partial charge in [-0.1, -0.05) is 6.92 Å². The summed E-state index contributed by atoms with van der Waals surface area (Å²) in [5.41, 5.74) is 0. The minimum atomic E-state index is -0.227. The van der Waals surface area contributed by atoms with Gasteiger partial charge in [0.15, 0.2) is 5.05 Å². The molecule has 0 aromatic carbocycles. The molecule has 0 aromatic heterocycles. The molecule has 3 nitrogen and oxygen atoms in total. The van der Waals surface area contributed by atoms with Crippen molar-refractivity contribution >= 4 is 23.2 Å². The maximum atomic E-state index is 11.2. The molecule has 0 aromatic rings. The summed E-state index contributed by atoms with van der Waals surface area (Å²) in [6.07, 6.45) is 0. The predicted molar refractivity (Wildman–Crippen MR) is 45.3 cm³/mol. The van der Waals surface area contributed by atoms with Gasteiger partial charge in [-0.25, -0.2) is 0 Å². The van der Waals surface area contributed by atoms with E-state index >= 15 is 0 Å². The smallest absolute Gasteiger partial charge is 0.231 e. The van der Waals surface area contributed by atoms with Gasteiger partial charge in [0.2, 0.25) is 5.91 Å². The Morgan fingerprint density at radius 3 is 2.82 bits per heavy atom. The number of hydrogen-bond acceptors (Lipinski definition) is 3. The highest BCUT2D eigenvalue weighted by molar-refractivity contribution is 7.80. The van der Waals surface area contributed by atoms with Crippen LogP contribution in [-0.4, -0.2) is 24.6 Å². The van der Waals surface area contributed by atoms with Gasteiger partial charge in [0.1, 0.15) is 5.92 Å². The van der Waals surface area contributed by atoms with E-state index in [4.69, 9.17) is 17.0 Å². The maximum absolute atomic E-state index is 11.2. The van der Waals surface area contributed by atoms with Gasteiger partial charge in [0.05, 0.1) is 6.61 Å². The van der Waals surface area contributed by atoms with Crippen LogP contribution in [0.4, 0.5) is 0 Å². The summed E-state index contributed by atoms with van der Waals surface area (Å²) in [7, 11) is 1.61. The molecule has 2 unspecified atom stereocenters. The first-order chi connectivity index (χ1) is 5.16. The molecule has 0 spiro atoms. The average molecular weight is 173 g/mol. The van der Waals surface area contributed by atoms with E-state index in [1.807, 2.05) is 6.92 Å². The van der Waals surface area contributed by atoms with Crippen LogP contribution in [0.15, 0.2) is 0 Å². The van der Waals surface area contributed by atoms with Crippen LogP contribution in [-0.2, 0) is 9.53 Å². The van der Waals surface area contributed by atoms with E-state index in [2.05, 4.69) is 5.32 Å². The summed E-state index contributed by atoms with van der Waals surface area (Å²) in [5, 5.41) is 2.99. The molecule has 1 aliphatic rings. The summed E-state index contributed by atoms with van der Waals surface area (Å²) in [4.78, 5) is 11.2. The molecule has 1 amide bonds. The van der Waals surface area contributed by atoms with Gasteiger partial charge in [0, 0.05) is 13.0 Å². The van der Waals surface area contributed by atoms with Gasteiger partial charge in [-0.15, -0.1) is 0 Å². The number of carbonyl (C=O) groups is 1. The van der Waals surface area contributed by atoms with Crippen LogP contribution in [0.1, 0.15) is 6.92 Å². The van der Waals surface area contributed by atoms with Crippen LogP contribution in [0.2, 0.25) is 0 Å². The SMILES string of the molecule is CNC(=O)C1C(=S)OCC1C. The zero-order valence-electron chi connectivity index (χ0n) is 6.59. The number of amides is 1. The lowest BCUT2D eigenvalue weighted by atomic mass is 9.97. The Labute approximate surface area is 71.1 Å². The van der Waals surface area contributed by atoms with Crippen LogP contribution < -0.4 is 5.32 Å². The number of carbonyl (C=O) groups excluding carboxylic acids is 1. The molecule has 11 heavy (non-hydrogen) atoms. The molecule has 1 N–H and O–H groups in total. The Bertz CT molecular complexity index is 193. The van der Waals surface area contributed by atoms with Crippen molar-refractivity contribution in [1.82, 2.24) is 5.32 Å². The van der Waals surface area contributed by atoms with Crippen LogP contribution >= 0.6 is 12.2 Å². The zero-order valence-corrected chi connectivity index (χ0v) is 7.40. The molecule has 0 radical (unpaired) electrons. The van der Waals surface area contributed by atoms with Crippen LogP contribution in [0.3, 0.4) is 0 Å². The molecule has 2 atom stereocenters. The van der Waals surface area contributed by atoms with E-state index in [0.717, 1.165) is 0 Å². The van der Waals surface area contributed by atoms with Crippen LogP contribution in [0.25, 0.3) is 0 Å². The fraction of sp³-hybridized carbons (Fsp3) is 0.714. The molecule has 4 heteroatoms. The fourth-order valence-corrected chi connectivity index (χ4v) is 1.56. The predicted octanol–water partition coefficient (Wildman–Crippen LogP) is 0.342. The summed E-state index contributed by atoms with van der Waals surface area (Å²) in [5.74, 6) is -0.0579. The molecule has 0 saturated carbocycles. The standard InChI is InChI=1S/C7H11NO2S/c1-4-3-10-7(11)5(4)6(9)8-2/h4-5H,3H2,1-2H3,(H,8,9). The second-order valence-electron chi connectivity index (χ2n) is 2.70. The third-order valence-corrected chi connectivity index (χ3v) is 2.21. The van der Waals surface area contributed by atoms with Gasteiger partial charge in [-0.2, -0.15) is 0 Å². The first-order valence-electron chi connectivity index (χ1n) is 3.55. The molecule has 62 valence electrons. The quantitative estimate of drug-likeness (QED) is 0.581. The summed E-state index contributed by atoms with van der Waals surface area (Å²) in [6, 6.07) is 0. The molecule has 1 heterocycles. The number of rotatable bonds is 1. The van der Waals surface area contributed by atoms with E-state index in [9.17, 15) is 4.79 Å². The Morgan fingerprint density at radius 1 is 1.82 bits per heavy atom. The Balaban J connectivity index is 2.68. The van der Waals surface area contributed by atoms with E-state index in [1.54, 1.807) is 7.05 Å². The number of hydrogen-bond donors (Lipinski definition) is 1. The average Bonchev–Trinajstić information content (AvgIpc) is 2.30. The molecule has 0 aliphatic carbocycles. The third kappa shape index (κ3) is 1.50. The Kier molecular flexibility index (Phi) is 2.44. The topological polar surface area (TPSA) is 38.3 Å². The normalized spacial score (nSPS) is 29.8. The minimum Gasteiger partial charge on any atom is -0.486 e. The van der Waals surface area contributed by atoms with Crippen molar-refractivity contribution in [2.45, 2.75) is 6.92 Å². The third-order valence-electron chi connectivity index (χ3n) is 1.84. The molecular weight excluding hydrogens is 162 g/mol. The number of nitrogens with one attached hydrogen (secondary N) is 1. The number of ether oxygens (including phenoxy) is 1. The lowest BCUT2D eigenvalue weighted by Gasteiger charge is -2.08. The maximum Gasteiger partial charge on any atom is 0.231 e. The van der Waals surface area contributed by atoms with E-state index in [0.29, 0.717) is 11.7 Å². The van der Waals surface area contributed by atoms with Crippen molar-refractivity contribution in [2.24, 2.45) is 11.8 Å². The Hall–Kier alpha value is -0.640. The molecule has 0 bridgehead atoms. The van der Waals surface area contributed by atoms with Crippen molar-refractivity contribution in [1.29, 1.82) is 0 Å². The van der Waals surface area contributed by atoms with Gasteiger partial charge in [-0.05, 0) is 12.2 Å². The Morgan fingerprint density at radius 2 is 2.45 bits per heavy atom. The fourth-order valence-electron chi connectivity index (χ4n) is 1.15. The lowest BCUT2D eigenvalue weighted by Crippen LogP contribution is -2.32. The van der Waals surface area contributed by atoms with E-state index < -0.39 is 0 Å². The largest absolute Gasteiger partial charge is 0.486 e. The minimum absolute atomic E-state index is 0.0417. The highest BCUT2D eigenvalue weighted by Crippen LogP contribution is 2.22. The van der Waals surface area contributed by atoms with Crippen molar-refractivity contribution in [3.05, 3.63) is 0 Å². The second-order valence-corrected chi connectivity index (χ2v) is 3.10. The first kappa shape index (κ1) is 8.46. The van der Waals surface area contributed by atoms with Crippen LogP contribution in [0, 0.1) is 11.8 Å². The lowest BCUT2D eigenvalue weighted by molar-refractivity contribution is -0.123. The zero-order chi connectivity index (χ0) is 8.43. The molecule has 1 aliphatic heterocycles. The summed E-state index contributed by atoms with van der Waals surface area (Å²) < 4.78 is 5.07.